The van der Waals surface area contributed by atoms with Crippen LogP contribution < -0.4 is 5.32 Å². The molecule has 19 heavy (non-hydrogen) atoms. The molecule has 1 aromatic rings. The van der Waals surface area contributed by atoms with Gasteiger partial charge in [-0.2, -0.15) is 0 Å². The van der Waals surface area contributed by atoms with Crippen molar-refractivity contribution in [3.05, 3.63) is 29.6 Å². The maximum atomic E-state index is 4.37. The molecule has 4 heteroatoms. The maximum Gasteiger partial charge on any atom is 0.0506 e. The van der Waals surface area contributed by atoms with Gasteiger partial charge in [0.2, 0.25) is 0 Å². The third-order valence-electron chi connectivity index (χ3n) is 4.39. The van der Waals surface area contributed by atoms with Crippen LogP contribution in [0.3, 0.4) is 0 Å². The zero-order valence-electron chi connectivity index (χ0n) is 12.0. The molecule has 0 spiro atoms. The number of aryl methyl sites for hydroxylation is 1. The van der Waals surface area contributed by atoms with Crippen LogP contribution in [0.25, 0.3) is 0 Å². The number of fused-ring (bicyclic) bond motifs is 3. The highest BCUT2D eigenvalue weighted by atomic mass is 15.4. The molecule has 4 heterocycles. The van der Waals surface area contributed by atoms with E-state index in [-0.39, 0.29) is 0 Å². The Morgan fingerprint density at radius 3 is 2.68 bits per heavy atom. The largest absolute Gasteiger partial charge is 0.309 e. The van der Waals surface area contributed by atoms with Crippen molar-refractivity contribution in [2.75, 3.05) is 39.3 Å². The Kier molecular flexibility index (Phi) is 3.82. The van der Waals surface area contributed by atoms with E-state index < -0.39 is 0 Å². The van der Waals surface area contributed by atoms with Gasteiger partial charge in [-0.1, -0.05) is 13.0 Å². The maximum absolute atomic E-state index is 4.37. The zero-order valence-corrected chi connectivity index (χ0v) is 12.0. The molecule has 0 radical (unpaired) electrons. The average molecular weight is 260 g/mol. The van der Waals surface area contributed by atoms with Gasteiger partial charge < -0.3 is 5.32 Å². The number of nitrogens with one attached hydrogen (secondary N) is 1. The highest BCUT2D eigenvalue weighted by Crippen LogP contribution is 2.27. The topological polar surface area (TPSA) is 31.4 Å². The van der Waals surface area contributed by atoms with Gasteiger partial charge in [0.1, 0.15) is 0 Å². The summed E-state index contributed by atoms with van der Waals surface area (Å²) in [4.78, 5) is 9.62. The van der Waals surface area contributed by atoms with Gasteiger partial charge >= 0.3 is 0 Å². The van der Waals surface area contributed by atoms with E-state index in [2.05, 4.69) is 40.0 Å². The van der Waals surface area contributed by atoms with E-state index in [9.17, 15) is 0 Å². The molecule has 3 saturated heterocycles. The van der Waals surface area contributed by atoms with Crippen molar-refractivity contribution in [2.24, 2.45) is 0 Å². The van der Waals surface area contributed by atoms with E-state index >= 15 is 0 Å². The molecule has 0 aliphatic carbocycles. The molecule has 1 aromatic heterocycles. The number of rotatable bonds is 4. The third kappa shape index (κ3) is 2.66. The molecule has 2 bridgehead atoms. The fourth-order valence-corrected chi connectivity index (χ4v) is 3.42. The molecular formula is C15H24N4. The Bertz CT molecular complexity index is 426. The molecule has 3 aliphatic rings. The lowest BCUT2D eigenvalue weighted by molar-refractivity contribution is -0.00348. The Morgan fingerprint density at radius 1 is 1.32 bits per heavy atom. The summed E-state index contributed by atoms with van der Waals surface area (Å²) in [5.74, 6) is 0. The highest BCUT2D eigenvalue weighted by molar-refractivity contribution is 5.22. The van der Waals surface area contributed by atoms with E-state index in [1.807, 2.05) is 12.4 Å². The SMILES string of the molecule is CCNC(c1cncc(C)c1)C1CN2CCN1CC2. The first-order valence-electron chi connectivity index (χ1n) is 7.39. The van der Waals surface area contributed by atoms with E-state index in [1.165, 1.54) is 43.9 Å². The smallest absolute Gasteiger partial charge is 0.0506 e. The number of nitrogens with zero attached hydrogens (tertiary/aromatic N) is 3. The number of hydrogen-bond donors (Lipinski definition) is 1. The lowest BCUT2D eigenvalue weighted by Crippen LogP contribution is -2.64. The molecular weight excluding hydrogens is 236 g/mol. The van der Waals surface area contributed by atoms with Crippen molar-refractivity contribution in [1.29, 1.82) is 0 Å². The van der Waals surface area contributed by atoms with Crippen LogP contribution in [0, 0.1) is 6.92 Å². The van der Waals surface area contributed by atoms with E-state index in [1.54, 1.807) is 0 Å². The van der Waals surface area contributed by atoms with E-state index in [0.717, 1.165) is 6.54 Å². The summed E-state index contributed by atoms with van der Waals surface area (Å²) in [6.07, 6.45) is 3.96. The van der Waals surface area contributed by atoms with Gasteiger partial charge in [0.05, 0.1) is 6.04 Å². The molecule has 0 aromatic carbocycles. The van der Waals surface area contributed by atoms with Crippen LogP contribution in [0.15, 0.2) is 18.5 Å². The number of pyridine rings is 1. The van der Waals surface area contributed by atoms with E-state index in [4.69, 9.17) is 0 Å². The van der Waals surface area contributed by atoms with Gasteiger partial charge in [-0.3, -0.25) is 14.8 Å². The van der Waals surface area contributed by atoms with Crippen molar-refractivity contribution >= 4 is 0 Å². The predicted octanol–water partition coefficient (Wildman–Crippen LogP) is 1.04. The summed E-state index contributed by atoms with van der Waals surface area (Å²) in [6, 6.07) is 3.27. The molecule has 104 valence electrons. The minimum Gasteiger partial charge on any atom is -0.309 e. The highest BCUT2D eigenvalue weighted by Gasteiger charge is 2.37. The van der Waals surface area contributed by atoms with E-state index in [0.29, 0.717) is 12.1 Å². The lowest BCUT2D eigenvalue weighted by Gasteiger charge is -2.50. The van der Waals surface area contributed by atoms with Gasteiger partial charge in [0.25, 0.3) is 0 Å². The quantitative estimate of drug-likeness (QED) is 0.876. The van der Waals surface area contributed by atoms with Crippen molar-refractivity contribution in [3.63, 3.8) is 0 Å². The second kappa shape index (κ2) is 5.57. The molecule has 4 nitrogen and oxygen atoms in total. The first-order chi connectivity index (χ1) is 9.28. The van der Waals surface area contributed by atoms with Crippen LogP contribution in [0.2, 0.25) is 0 Å². The molecule has 4 rings (SSSR count). The molecule has 3 fully saturated rings. The van der Waals surface area contributed by atoms with Gasteiger partial charge in [-0.15, -0.1) is 0 Å². The zero-order chi connectivity index (χ0) is 13.2. The number of piperazine rings is 3. The van der Waals surface area contributed by atoms with Gasteiger partial charge in [-0.05, 0) is 24.6 Å². The molecule has 1 N–H and O–H groups in total. The van der Waals surface area contributed by atoms with Crippen LogP contribution in [0.1, 0.15) is 24.1 Å². The lowest BCUT2D eigenvalue weighted by atomic mass is 9.94. The van der Waals surface area contributed by atoms with Crippen LogP contribution in [-0.2, 0) is 0 Å². The fourth-order valence-electron chi connectivity index (χ4n) is 3.42. The summed E-state index contributed by atoms with van der Waals surface area (Å²) in [7, 11) is 0. The average Bonchev–Trinajstić information content (AvgIpc) is 2.46. The Hall–Kier alpha value is -0.970. The standard InChI is InChI=1S/C15H24N4/c1-3-17-15(13-8-12(2)9-16-10-13)14-11-18-4-6-19(14)7-5-18/h8-10,14-15,17H,3-7,11H2,1-2H3. The Labute approximate surface area is 115 Å². The first-order valence-corrected chi connectivity index (χ1v) is 7.39. The predicted molar refractivity (Wildman–Crippen MR) is 77.2 cm³/mol. The van der Waals surface area contributed by atoms with Crippen molar-refractivity contribution in [2.45, 2.75) is 25.9 Å². The summed E-state index contributed by atoms with van der Waals surface area (Å²) >= 11 is 0. The number of likely N-dealkylation sites (N-methyl/N-ethyl adjacent to an activating group) is 1. The van der Waals surface area contributed by atoms with Crippen molar-refractivity contribution in [3.8, 4) is 0 Å². The molecule has 0 saturated carbocycles. The molecule has 2 unspecified atom stereocenters. The van der Waals surface area contributed by atoms with Crippen LogP contribution in [0.5, 0.6) is 0 Å². The molecule has 3 aliphatic heterocycles. The Morgan fingerprint density at radius 2 is 2.11 bits per heavy atom. The number of hydrogen-bond acceptors (Lipinski definition) is 4. The summed E-state index contributed by atoms with van der Waals surface area (Å²) in [5, 5.41) is 3.67. The Balaban J connectivity index is 1.84. The third-order valence-corrected chi connectivity index (χ3v) is 4.39. The summed E-state index contributed by atoms with van der Waals surface area (Å²) in [5.41, 5.74) is 2.58. The molecule has 2 atom stereocenters. The van der Waals surface area contributed by atoms with Crippen LogP contribution >= 0.6 is 0 Å². The summed E-state index contributed by atoms with van der Waals surface area (Å²) < 4.78 is 0. The van der Waals surface area contributed by atoms with Gasteiger partial charge in [0, 0.05) is 51.2 Å². The summed E-state index contributed by atoms with van der Waals surface area (Å²) in [6.45, 7) is 11.4. The monoisotopic (exact) mass is 260 g/mol. The first kappa shape index (κ1) is 13.0. The van der Waals surface area contributed by atoms with Crippen molar-refractivity contribution < 1.29 is 0 Å². The van der Waals surface area contributed by atoms with Crippen LogP contribution in [-0.4, -0.2) is 60.1 Å². The fraction of sp³-hybridized carbons (Fsp3) is 0.667. The minimum absolute atomic E-state index is 0.403. The second-order valence-electron chi connectivity index (χ2n) is 5.73. The number of aromatic nitrogens is 1. The second-order valence-corrected chi connectivity index (χ2v) is 5.73. The van der Waals surface area contributed by atoms with Crippen LogP contribution in [0.4, 0.5) is 0 Å². The van der Waals surface area contributed by atoms with Gasteiger partial charge in [-0.25, -0.2) is 0 Å². The van der Waals surface area contributed by atoms with Gasteiger partial charge in [0.15, 0.2) is 0 Å². The minimum atomic E-state index is 0.403. The molecule has 0 amide bonds. The normalized spacial score (nSPS) is 31.4. The van der Waals surface area contributed by atoms with Crippen molar-refractivity contribution in [1.82, 2.24) is 20.1 Å².